The quantitative estimate of drug-likeness (QED) is 0.418. The van der Waals surface area contributed by atoms with Gasteiger partial charge in [0.05, 0.1) is 11.2 Å². The Labute approximate surface area is 192 Å². The zero-order chi connectivity index (χ0) is 22.0. The maximum absolute atomic E-state index is 13.1. The molecule has 0 unspecified atom stereocenters. The van der Waals surface area contributed by atoms with E-state index >= 15 is 0 Å². The Morgan fingerprint density at radius 3 is 2.53 bits per heavy atom. The van der Waals surface area contributed by atoms with Gasteiger partial charge in [-0.2, -0.15) is 0 Å². The lowest BCUT2D eigenvalue weighted by Gasteiger charge is -2.56. The molecule has 3 N–H and O–H groups in total. The van der Waals surface area contributed by atoms with E-state index in [0.29, 0.717) is 6.42 Å². The highest BCUT2D eigenvalue weighted by atomic mass is 16.1. The van der Waals surface area contributed by atoms with E-state index < -0.39 is 0 Å². The van der Waals surface area contributed by atoms with Crippen LogP contribution in [0.2, 0.25) is 0 Å². The zero-order valence-corrected chi connectivity index (χ0v) is 19.3. The van der Waals surface area contributed by atoms with E-state index in [9.17, 15) is 4.79 Å². The third-order valence-corrected chi connectivity index (χ3v) is 7.86. The van der Waals surface area contributed by atoms with Crippen LogP contribution < -0.4 is 16.0 Å². The normalized spacial score (nSPS) is 28.2. The molecule has 4 aliphatic rings. The highest BCUT2D eigenvalue weighted by molar-refractivity contribution is 6.01. The van der Waals surface area contributed by atoms with Gasteiger partial charge in [-0.05, 0) is 92.4 Å². The molecule has 1 heterocycles. The standard InChI is InChI=1S/C27H37N4O/c1-2-3-9-28-10-11-29-25-8-7-22-23(30-25)5-4-6-24(22)31-26(32)18-27-15-19-12-20(16-27)14-21(13-19)17-27/h4-9,19-21,28H,2-3,10-18H2,1H3,(H,29,30)(H,31,32). The molecule has 32 heavy (non-hydrogen) atoms. The number of unbranched alkanes of at least 4 members (excludes halogenated alkanes) is 1. The van der Waals surface area contributed by atoms with Crippen molar-refractivity contribution in [2.24, 2.45) is 23.2 Å². The Morgan fingerprint density at radius 1 is 1.06 bits per heavy atom. The Balaban J connectivity index is 1.20. The number of carbonyl (C=O) groups excluding carboxylic acids is 1. The number of fused-ring (bicyclic) bond motifs is 1. The number of pyridine rings is 1. The molecule has 6 rings (SSSR count). The van der Waals surface area contributed by atoms with E-state index in [-0.39, 0.29) is 11.3 Å². The van der Waals surface area contributed by atoms with Crippen molar-refractivity contribution in [1.29, 1.82) is 0 Å². The smallest absolute Gasteiger partial charge is 0.224 e. The molecule has 1 amide bonds. The summed E-state index contributed by atoms with van der Waals surface area (Å²) in [5.74, 6) is 3.67. The predicted molar refractivity (Wildman–Crippen MR) is 131 cm³/mol. The average Bonchev–Trinajstić information content (AvgIpc) is 2.75. The fourth-order valence-electron chi connectivity index (χ4n) is 7.02. The third kappa shape index (κ3) is 4.78. The lowest BCUT2D eigenvalue weighted by atomic mass is 9.49. The number of rotatable bonds is 10. The van der Waals surface area contributed by atoms with Gasteiger partial charge in [-0.3, -0.25) is 4.79 Å². The minimum absolute atomic E-state index is 0.177. The van der Waals surface area contributed by atoms with E-state index in [1.807, 2.05) is 24.3 Å². The summed E-state index contributed by atoms with van der Waals surface area (Å²) in [7, 11) is 0. The van der Waals surface area contributed by atoms with Gasteiger partial charge in [-0.15, -0.1) is 0 Å². The summed E-state index contributed by atoms with van der Waals surface area (Å²) in [6.45, 7) is 5.99. The first-order chi connectivity index (χ1) is 15.6. The Hall–Kier alpha value is -2.14. The van der Waals surface area contributed by atoms with Crippen molar-refractivity contribution in [2.75, 3.05) is 23.7 Å². The van der Waals surface area contributed by atoms with Crippen LogP contribution in [0.4, 0.5) is 11.5 Å². The molecule has 4 bridgehead atoms. The maximum atomic E-state index is 13.1. The summed E-state index contributed by atoms with van der Waals surface area (Å²) < 4.78 is 0. The van der Waals surface area contributed by atoms with Gasteiger partial charge in [-0.25, -0.2) is 4.98 Å². The molecular weight excluding hydrogens is 396 g/mol. The van der Waals surface area contributed by atoms with Crippen LogP contribution in [0.25, 0.3) is 10.9 Å². The van der Waals surface area contributed by atoms with Gasteiger partial charge in [0.2, 0.25) is 5.91 Å². The van der Waals surface area contributed by atoms with Crippen molar-refractivity contribution in [3.05, 3.63) is 36.9 Å². The first-order valence-electron chi connectivity index (χ1n) is 12.6. The van der Waals surface area contributed by atoms with E-state index in [0.717, 1.165) is 66.1 Å². The largest absolute Gasteiger partial charge is 0.369 e. The summed E-state index contributed by atoms with van der Waals surface area (Å²) in [5, 5.41) is 10.9. The Bertz CT molecular complexity index is 921. The van der Waals surface area contributed by atoms with Crippen molar-refractivity contribution in [2.45, 2.75) is 64.7 Å². The molecule has 5 nitrogen and oxygen atoms in total. The van der Waals surface area contributed by atoms with E-state index in [2.05, 4.69) is 35.5 Å². The van der Waals surface area contributed by atoms with Crippen LogP contribution in [0.3, 0.4) is 0 Å². The van der Waals surface area contributed by atoms with Crippen molar-refractivity contribution in [1.82, 2.24) is 10.3 Å². The summed E-state index contributed by atoms with van der Waals surface area (Å²) in [5.41, 5.74) is 2.06. The van der Waals surface area contributed by atoms with Gasteiger partial charge < -0.3 is 16.0 Å². The molecule has 4 aliphatic carbocycles. The van der Waals surface area contributed by atoms with Crippen molar-refractivity contribution >= 4 is 28.3 Å². The number of hydrogen-bond acceptors (Lipinski definition) is 4. The Kier molecular flexibility index (Phi) is 6.36. The minimum atomic E-state index is 0.177. The summed E-state index contributed by atoms with van der Waals surface area (Å²) in [4.78, 5) is 17.9. The van der Waals surface area contributed by atoms with E-state index in [1.165, 1.54) is 38.5 Å². The zero-order valence-electron chi connectivity index (χ0n) is 19.3. The van der Waals surface area contributed by atoms with Crippen LogP contribution in [-0.4, -0.2) is 24.0 Å². The Morgan fingerprint density at radius 2 is 1.81 bits per heavy atom. The van der Waals surface area contributed by atoms with Crippen LogP contribution in [-0.2, 0) is 4.79 Å². The summed E-state index contributed by atoms with van der Waals surface area (Å²) in [6, 6.07) is 10.1. The molecule has 4 saturated carbocycles. The number of nitrogens with zero attached hydrogens (tertiary/aromatic N) is 1. The number of amides is 1. The monoisotopic (exact) mass is 433 g/mol. The predicted octanol–water partition coefficient (Wildman–Crippen LogP) is 5.74. The van der Waals surface area contributed by atoms with Crippen molar-refractivity contribution in [3.63, 3.8) is 0 Å². The van der Waals surface area contributed by atoms with Crippen LogP contribution in [0.5, 0.6) is 0 Å². The number of benzene rings is 1. The van der Waals surface area contributed by atoms with Gasteiger partial charge in [0, 0.05) is 31.4 Å². The molecule has 4 fully saturated rings. The first kappa shape index (κ1) is 21.7. The molecule has 2 aromatic rings. The molecule has 0 saturated heterocycles. The van der Waals surface area contributed by atoms with Crippen LogP contribution >= 0.6 is 0 Å². The molecule has 0 spiro atoms. The van der Waals surface area contributed by atoms with Gasteiger partial charge in [-0.1, -0.05) is 19.4 Å². The van der Waals surface area contributed by atoms with Crippen LogP contribution in [0.15, 0.2) is 30.3 Å². The topological polar surface area (TPSA) is 66.0 Å². The van der Waals surface area contributed by atoms with Gasteiger partial charge >= 0.3 is 0 Å². The summed E-state index contributed by atoms with van der Waals surface area (Å²) >= 11 is 0. The van der Waals surface area contributed by atoms with Gasteiger partial charge in [0.25, 0.3) is 0 Å². The highest BCUT2D eigenvalue weighted by Gasteiger charge is 2.51. The number of nitrogens with one attached hydrogen (secondary N) is 3. The number of anilines is 2. The maximum Gasteiger partial charge on any atom is 0.224 e. The second kappa shape index (κ2) is 9.38. The van der Waals surface area contributed by atoms with Gasteiger partial charge in [0.15, 0.2) is 0 Å². The van der Waals surface area contributed by atoms with Crippen molar-refractivity contribution in [3.8, 4) is 0 Å². The highest BCUT2D eigenvalue weighted by Crippen LogP contribution is 2.61. The fraction of sp³-hybridized carbons (Fsp3) is 0.593. The van der Waals surface area contributed by atoms with Crippen LogP contribution in [0, 0.1) is 29.7 Å². The summed E-state index contributed by atoms with van der Waals surface area (Å²) in [6.07, 6.45) is 11.0. The number of aromatic nitrogens is 1. The molecule has 171 valence electrons. The molecule has 0 atom stereocenters. The first-order valence-corrected chi connectivity index (χ1v) is 12.6. The van der Waals surface area contributed by atoms with E-state index in [1.54, 1.807) is 0 Å². The second-order valence-corrected chi connectivity index (χ2v) is 10.6. The molecule has 5 heteroatoms. The van der Waals surface area contributed by atoms with E-state index in [4.69, 9.17) is 4.98 Å². The molecular formula is C27H37N4O. The molecule has 1 radical (unpaired) electrons. The fourth-order valence-corrected chi connectivity index (χ4v) is 7.02. The average molecular weight is 434 g/mol. The molecule has 0 aliphatic heterocycles. The van der Waals surface area contributed by atoms with Gasteiger partial charge in [0.1, 0.15) is 5.82 Å². The lowest BCUT2D eigenvalue weighted by Crippen LogP contribution is -2.47. The number of hydrogen-bond donors (Lipinski definition) is 3. The lowest BCUT2D eigenvalue weighted by molar-refractivity contribution is -0.124. The molecule has 1 aromatic heterocycles. The minimum Gasteiger partial charge on any atom is -0.369 e. The van der Waals surface area contributed by atoms with Crippen LogP contribution in [0.1, 0.15) is 64.7 Å². The SMILES string of the molecule is CCC[CH]NCCNc1ccc2c(NC(=O)CC34CC5CC(CC(C5)C3)C4)cccc2n1. The second-order valence-electron chi connectivity index (χ2n) is 10.6. The third-order valence-electron chi connectivity index (χ3n) is 7.86. The number of carbonyl (C=O) groups is 1. The molecule has 1 aromatic carbocycles. The van der Waals surface area contributed by atoms with Crippen molar-refractivity contribution < 1.29 is 4.79 Å².